The van der Waals surface area contributed by atoms with Crippen LogP contribution in [0.1, 0.15) is 11.1 Å². The van der Waals surface area contributed by atoms with E-state index in [-0.39, 0.29) is 0 Å². The third kappa shape index (κ3) is 5.39. The van der Waals surface area contributed by atoms with Gasteiger partial charge in [-0.2, -0.15) is 26.3 Å². The summed E-state index contributed by atoms with van der Waals surface area (Å²) in [6, 6.07) is 9.68. The van der Waals surface area contributed by atoms with E-state index in [1.54, 1.807) is 0 Å². The summed E-state index contributed by atoms with van der Waals surface area (Å²) in [4.78, 5) is 0.832. The van der Waals surface area contributed by atoms with Crippen LogP contribution in [0, 0.1) is 0 Å². The first-order valence-corrected chi connectivity index (χ1v) is 8.23. The van der Waals surface area contributed by atoms with Crippen LogP contribution in [0.4, 0.5) is 26.3 Å². The van der Waals surface area contributed by atoms with E-state index in [0.29, 0.717) is 14.9 Å². The molecule has 0 unspecified atom stereocenters. The third-order valence-electron chi connectivity index (χ3n) is 2.77. The molecule has 2 aromatic carbocycles. The number of hydrogen-bond acceptors (Lipinski definition) is 2. The molecule has 0 amide bonds. The highest BCUT2D eigenvalue weighted by Gasteiger charge is 2.31. The van der Waals surface area contributed by atoms with E-state index in [0.717, 1.165) is 47.8 Å². The van der Waals surface area contributed by atoms with Crippen LogP contribution in [0.5, 0.6) is 0 Å². The summed E-state index contributed by atoms with van der Waals surface area (Å²) >= 11 is 2.28. The van der Waals surface area contributed by atoms with Gasteiger partial charge in [0.15, 0.2) is 0 Å². The topological polar surface area (TPSA) is 0 Å². The summed E-state index contributed by atoms with van der Waals surface area (Å²) in [6.07, 6.45) is -8.82. The molecular formula is C15H10F6S2. The molecule has 2 rings (SSSR count). The van der Waals surface area contributed by atoms with Gasteiger partial charge >= 0.3 is 12.4 Å². The molecule has 0 N–H and O–H groups in total. The van der Waals surface area contributed by atoms with Crippen molar-refractivity contribution in [2.24, 2.45) is 0 Å². The second-order valence-corrected chi connectivity index (χ2v) is 6.92. The Morgan fingerprint density at radius 1 is 0.652 bits per heavy atom. The maximum atomic E-state index is 12.6. The number of hydrogen-bond donors (Lipinski definition) is 0. The van der Waals surface area contributed by atoms with Gasteiger partial charge in [0.25, 0.3) is 0 Å². The lowest BCUT2D eigenvalue weighted by Gasteiger charge is -2.09. The van der Waals surface area contributed by atoms with E-state index in [4.69, 9.17) is 0 Å². The summed E-state index contributed by atoms with van der Waals surface area (Å²) < 4.78 is 75.5. The van der Waals surface area contributed by atoms with Crippen LogP contribution in [0.25, 0.3) is 0 Å². The summed E-state index contributed by atoms with van der Waals surface area (Å²) in [5, 5.41) is 0.308. The Labute approximate surface area is 137 Å². The second-order valence-electron chi connectivity index (χ2n) is 4.46. The van der Waals surface area contributed by atoms with Gasteiger partial charge in [0.05, 0.1) is 11.1 Å². The summed E-state index contributed by atoms with van der Waals surface area (Å²) in [5.41, 5.74) is -1.49. The predicted molar refractivity (Wildman–Crippen MR) is 79.5 cm³/mol. The van der Waals surface area contributed by atoms with Crippen LogP contribution >= 0.6 is 23.5 Å². The lowest BCUT2D eigenvalue weighted by atomic mass is 10.2. The zero-order chi connectivity index (χ0) is 17.1. The number of halogens is 6. The molecule has 0 nitrogen and oxygen atoms in total. The van der Waals surface area contributed by atoms with Crippen molar-refractivity contribution in [1.82, 2.24) is 0 Å². The van der Waals surface area contributed by atoms with Gasteiger partial charge in [0, 0.05) is 14.9 Å². The molecule has 8 heteroatoms. The maximum Gasteiger partial charge on any atom is 0.416 e. The number of benzene rings is 2. The number of alkyl halides is 6. The van der Waals surface area contributed by atoms with Crippen molar-refractivity contribution in [2.45, 2.75) is 22.1 Å². The highest BCUT2D eigenvalue weighted by Crippen LogP contribution is 2.35. The van der Waals surface area contributed by atoms with E-state index in [1.807, 2.05) is 0 Å². The van der Waals surface area contributed by atoms with Gasteiger partial charge in [-0.25, -0.2) is 0 Å². The Hall–Kier alpha value is -1.28. The van der Waals surface area contributed by atoms with Crippen molar-refractivity contribution in [3.05, 3.63) is 59.7 Å². The van der Waals surface area contributed by atoms with Crippen molar-refractivity contribution in [1.29, 1.82) is 0 Å². The minimum atomic E-state index is -4.41. The second kappa shape index (κ2) is 7.09. The summed E-state index contributed by atoms with van der Waals surface area (Å²) in [5.74, 6) is 0. The van der Waals surface area contributed by atoms with Gasteiger partial charge in [0.1, 0.15) is 0 Å². The average molecular weight is 368 g/mol. The van der Waals surface area contributed by atoms with Crippen molar-refractivity contribution >= 4 is 23.5 Å². The minimum Gasteiger partial charge on any atom is -0.166 e. The molecular weight excluding hydrogens is 358 g/mol. The molecule has 0 bridgehead atoms. The Balaban J connectivity index is 1.98. The van der Waals surface area contributed by atoms with Crippen LogP contribution < -0.4 is 0 Å². The molecule has 0 heterocycles. The zero-order valence-electron chi connectivity index (χ0n) is 11.4. The Morgan fingerprint density at radius 2 is 1.04 bits per heavy atom. The van der Waals surface area contributed by atoms with Crippen molar-refractivity contribution in [3.63, 3.8) is 0 Å². The fourth-order valence-corrected chi connectivity index (χ4v) is 3.78. The Morgan fingerprint density at radius 3 is 1.39 bits per heavy atom. The molecule has 0 aromatic heterocycles. The number of thioether (sulfide) groups is 2. The minimum absolute atomic E-state index is 0.308. The van der Waals surface area contributed by atoms with Gasteiger partial charge in [-0.05, 0) is 36.4 Å². The van der Waals surface area contributed by atoms with Crippen LogP contribution in [0.2, 0.25) is 0 Å². The molecule has 0 fully saturated rings. The molecule has 0 saturated heterocycles. The third-order valence-corrected chi connectivity index (χ3v) is 4.89. The Bertz CT molecular complexity index is 606. The van der Waals surface area contributed by atoms with Gasteiger partial charge in [-0.1, -0.05) is 12.1 Å². The zero-order valence-corrected chi connectivity index (χ0v) is 13.0. The van der Waals surface area contributed by atoms with Gasteiger partial charge in [-0.15, -0.1) is 23.5 Å². The fourth-order valence-electron chi connectivity index (χ4n) is 1.69. The molecule has 124 valence electrons. The SMILES string of the molecule is FC(F)(F)c1cccc(SCSc2cccc(C(F)(F)F)c2)c1. The van der Waals surface area contributed by atoms with Crippen molar-refractivity contribution < 1.29 is 26.3 Å². The van der Waals surface area contributed by atoms with Crippen LogP contribution in [0.3, 0.4) is 0 Å². The standard InChI is InChI=1S/C15H10F6S2/c16-14(17,18)10-3-1-5-12(7-10)22-9-23-13-6-2-4-11(8-13)15(19,20)21/h1-8H,9H2. The molecule has 0 aliphatic heterocycles. The molecule has 0 spiro atoms. The van der Waals surface area contributed by atoms with E-state index < -0.39 is 23.5 Å². The smallest absolute Gasteiger partial charge is 0.166 e. The molecule has 0 saturated carbocycles. The van der Waals surface area contributed by atoms with E-state index in [2.05, 4.69) is 0 Å². The molecule has 23 heavy (non-hydrogen) atoms. The highest BCUT2D eigenvalue weighted by molar-refractivity contribution is 8.16. The normalized spacial score (nSPS) is 12.4. The lowest BCUT2D eigenvalue weighted by molar-refractivity contribution is -0.138. The van der Waals surface area contributed by atoms with Crippen molar-refractivity contribution in [2.75, 3.05) is 5.08 Å². The molecule has 0 atom stereocenters. The molecule has 0 radical (unpaired) electrons. The van der Waals surface area contributed by atoms with Crippen molar-refractivity contribution in [3.8, 4) is 0 Å². The number of rotatable bonds is 4. The largest absolute Gasteiger partial charge is 0.416 e. The summed E-state index contributed by atoms with van der Waals surface area (Å²) in [7, 11) is 0. The first-order valence-electron chi connectivity index (χ1n) is 6.26. The van der Waals surface area contributed by atoms with Gasteiger partial charge in [0.2, 0.25) is 0 Å². The monoisotopic (exact) mass is 368 g/mol. The first kappa shape index (κ1) is 18.1. The predicted octanol–water partition coefficient (Wildman–Crippen LogP) is 6.57. The first-order chi connectivity index (χ1) is 10.7. The van der Waals surface area contributed by atoms with E-state index in [9.17, 15) is 26.3 Å². The van der Waals surface area contributed by atoms with Crippen LogP contribution in [-0.4, -0.2) is 5.08 Å². The maximum absolute atomic E-state index is 12.6. The fraction of sp³-hybridized carbons (Fsp3) is 0.200. The average Bonchev–Trinajstić information content (AvgIpc) is 2.46. The lowest BCUT2D eigenvalue weighted by Crippen LogP contribution is -2.04. The molecule has 2 aromatic rings. The summed E-state index contributed by atoms with van der Waals surface area (Å²) in [6.45, 7) is 0. The molecule has 0 aliphatic rings. The van der Waals surface area contributed by atoms with Gasteiger partial charge < -0.3 is 0 Å². The van der Waals surface area contributed by atoms with E-state index in [1.165, 1.54) is 24.3 Å². The van der Waals surface area contributed by atoms with Crippen LogP contribution in [-0.2, 0) is 12.4 Å². The van der Waals surface area contributed by atoms with Crippen LogP contribution in [0.15, 0.2) is 58.3 Å². The quantitative estimate of drug-likeness (QED) is 0.340. The highest BCUT2D eigenvalue weighted by atomic mass is 32.2. The Kier molecular flexibility index (Phi) is 5.57. The van der Waals surface area contributed by atoms with E-state index >= 15 is 0 Å². The van der Waals surface area contributed by atoms with Gasteiger partial charge in [-0.3, -0.25) is 0 Å². The molecule has 0 aliphatic carbocycles.